The first-order valence-electron chi connectivity index (χ1n) is 6.99. The highest BCUT2D eigenvalue weighted by molar-refractivity contribution is 14.1. The monoisotopic (exact) mass is 383 g/mol. The second-order valence-corrected chi connectivity index (χ2v) is 6.82. The Labute approximate surface area is 134 Å². The van der Waals surface area contributed by atoms with Gasteiger partial charge in [0, 0.05) is 0 Å². The number of hydrogen-bond acceptors (Lipinski definition) is 2. The van der Waals surface area contributed by atoms with Crippen molar-refractivity contribution in [3.05, 3.63) is 44.7 Å². The lowest BCUT2D eigenvalue weighted by atomic mass is 10.00. The fourth-order valence-corrected chi connectivity index (χ4v) is 2.74. The lowest BCUT2D eigenvalue weighted by Crippen LogP contribution is -2.12. The molecule has 0 fully saturated rings. The highest BCUT2D eigenvalue weighted by atomic mass is 127. The average Bonchev–Trinajstić information content (AvgIpc) is 2.66. The van der Waals surface area contributed by atoms with Gasteiger partial charge in [-0.25, -0.2) is 4.68 Å². The Morgan fingerprint density at radius 3 is 2.25 bits per heavy atom. The SMILES string of the molecule is Cc1nn(C(C)c2ccc(CC(C)C)cc2)c(N)c1I. The van der Waals surface area contributed by atoms with E-state index in [1.807, 2.05) is 11.6 Å². The fourth-order valence-electron chi connectivity index (χ4n) is 2.39. The molecule has 2 aromatic rings. The second kappa shape index (κ2) is 6.16. The van der Waals surface area contributed by atoms with Crippen LogP contribution >= 0.6 is 22.6 Å². The first kappa shape index (κ1) is 15.4. The van der Waals surface area contributed by atoms with E-state index in [1.165, 1.54) is 11.1 Å². The zero-order valence-corrected chi connectivity index (χ0v) is 14.7. The van der Waals surface area contributed by atoms with E-state index in [9.17, 15) is 0 Å². The molecule has 0 aliphatic carbocycles. The molecule has 0 saturated heterocycles. The van der Waals surface area contributed by atoms with Crippen LogP contribution in [0.2, 0.25) is 0 Å². The number of nitrogen functional groups attached to an aromatic ring is 1. The third kappa shape index (κ3) is 3.16. The number of aryl methyl sites for hydroxylation is 1. The first-order chi connectivity index (χ1) is 9.40. The highest BCUT2D eigenvalue weighted by Crippen LogP contribution is 2.26. The third-order valence-electron chi connectivity index (χ3n) is 3.52. The van der Waals surface area contributed by atoms with Crippen molar-refractivity contribution in [3.63, 3.8) is 0 Å². The number of benzene rings is 1. The minimum atomic E-state index is 0.158. The van der Waals surface area contributed by atoms with Crippen molar-refractivity contribution in [1.29, 1.82) is 0 Å². The van der Waals surface area contributed by atoms with Gasteiger partial charge in [-0.3, -0.25) is 0 Å². The van der Waals surface area contributed by atoms with Crippen LogP contribution in [0, 0.1) is 16.4 Å². The van der Waals surface area contributed by atoms with E-state index in [2.05, 4.69) is 72.7 Å². The topological polar surface area (TPSA) is 43.8 Å². The summed E-state index contributed by atoms with van der Waals surface area (Å²) in [6.07, 6.45) is 1.12. The Kier molecular flexibility index (Phi) is 4.73. The predicted molar refractivity (Wildman–Crippen MR) is 92.9 cm³/mol. The summed E-state index contributed by atoms with van der Waals surface area (Å²) in [7, 11) is 0. The second-order valence-electron chi connectivity index (χ2n) is 5.74. The molecule has 20 heavy (non-hydrogen) atoms. The third-order valence-corrected chi connectivity index (χ3v) is 4.85. The highest BCUT2D eigenvalue weighted by Gasteiger charge is 2.16. The van der Waals surface area contributed by atoms with Gasteiger partial charge in [0.15, 0.2) is 0 Å². The summed E-state index contributed by atoms with van der Waals surface area (Å²) in [6.45, 7) is 8.61. The molecule has 4 heteroatoms. The van der Waals surface area contributed by atoms with Crippen molar-refractivity contribution in [3.8, 4) is 0 Å². The van der Waals surface area contributed by atoms with Gasteiger partial charge in [0.2, 0.25) is 0 Å². The van der Waals surface area contributed by atoms with Crippen molar-refractivity contribution < 1.29 is 0 Å². The molecule has 2 N–H and O–H groups in total. The van der Waals surface area contributed by atoms with E-state index in [0.717, 1.165) is 21.5 Å². The van der Waals surface area contributed by atoms with Crippen LogP contribution < -0.4 is 5.73 Å². The molecule has 0 aliphatic heterocycles. The maximum Gasteiger partial charge on any atom is 0.136 e. The first-order valence-corrected chi connectivity index (χ1v) is 8.07. The van der Waals surface area contributed by atoms with Crippen molar-refractivity contribution in [2.45, 2.75) is 40.2 Å². The number of hydrogen-bond donors (Lipinski definition) is 1. The smallest absolute Gasteiger partial charge is 0.136 e. The van der Waals surface area contributed by atoms with E-state index in [-0.39, 0.29) is 6.04 Å². The van der Waals surface area contributed by atoms with Crippen molar-refractivity contribution in [1.82, 2.24) is 9.78 Å². The van der Waals surface area contributed by atoms with Crippen molar-refractivity contribution in [2.75, 3.05) is 5.73 Å². The molecular formula is C16H22IN3. The molecule has 0 saturated carbocycles. The van der Waals surface area contributed by atoms with E-state index >= 15 is 0 Å². The quantitative estimate of drug-likeness (QED) is 0.805. The molecular weight excluding hydrogens is 361 g/mol. The van der Waals surface area contributed by atoms with Crippen LogP contribution in [0.15, 0.2) is 24.3 Å². The van der Waals surface area contributed by atoms with E-state index in [4.69, 9.17) is 5.73 Å². The van der Waals surface area contributed by atoms with Gasteiger partial charge < -0.3 is 5.73 Å². The Hall–Kier alpha value is -1.04. The maximum atomic E-state index is 6.13. The Morgan fingerprint density at radius 1 is 1.20 bits per heavy atom. The van der Waals surface area contributed by atoms with Gasteiger partial charge in [0.25, 0.3) is 0 Å². The summed E-state index contributed by atoms with van der Waals surface area (Å²) in [6, 6.07) is 8.95. The lowest BCUT2D eigenvalue weighted by Gasteiger charge is -2.15. The van der Waals surface area contributed by atoms with Gasteiger partial charge in [-0.15, -0.1) is 0 Å². The number of halogens is 1. The van der Waals surface area contributed by atoms with Crippen LogP contribution in [0.5, 0.6) is 0 Å². The van der Waals surface area contributed by atoms with Crippen molar-refractivity contribution >= 4 is 28.4 Å². The molecule has 2 rings (SSSR count). The summed E-state index contributed by atoms with van der Waals surface area (Å²) in [5.74, 6) is 1.44. The molecule has 0 radical (unpaired) electrons. The van der Waals surface area contributed by atoms with Crippen LogP contribution in [0.1, 0.15) is 43.6 Å². The molecule has 0 bridgehead atoms. The van der Waals surface area contributed by atoms with Crippen LogP contribution in [0.3, 0.4) is 0 Å². The zero-order chi connectivity index (χ0) is 14.9. The number of aromatic nitrogens is 2. The molecule has 1 aromatic heterocycles. The van der Waals surface area contributed by atoms with Crippen LogP contribution in [0.25, 0.3) is 0 Å². The zero-order valence-electron chi connectivity index (χ0n) is 12.5. The van der Waals surface area contributed by atoms with Gasteiger partial charge >= 0.3 is 0 Å². The fraction of sp³-hybridized carbons (Fsp3) is 0.438. The number of anilines is 1. The largest absolute Gasteiger partial charge is 0.383 e. The minimum absolute atomic E-state index is 0.158. The normalized spacial score (nSPS) is 12.9. The summed E-state index contributed by atoms with van der Waals surface area (Å²) in [4.78, 5) is 0. The van der Waals surface area contributed by atoms with Crippen LogP contribution in [-0.4, -0.2) is 9.78 Å². The predicted octanol–water partition coefficient (Wildman–Crippen LogP) is 4.19. The van der Waals surface area contributed by atoms with E-state index in [0.29, 0.717) is 5.92 Å². The lowest BCUT2D eigenvalue weighted by molar-refractivity contribution is 0.568. The van der Waals surface area contributed by atoms with Gasteiger partial charge in [0.05, 0.1) is 15.3 Å². The van der Waals surface area contributed by atoms with Crippen molar-refractivity contribution in [2.24, 2.45) is 5.92 Å². The number of rotatable bonds is 4. The molecule has 0 aliphatic rings. The molecule has 1 unspecified atom stereocenters. The van der Waals surface area contributed by atoms with Gasteiger partial charge in [-0.2, -0.15) is 5.10 Å². The number of nitrogens with zero attached hydrogens (tertiary/aromatic N) is 2. The van der Waals surface area contributed by atoms with Crippen LogP contribution in [0.4, 0.5) is 5.82 Å². The molecule has 1 aromatic carbocycles. The number of nitrogens with two attached hydrogens (primary N) is 1. The van der Waals surface area contributed by atoms with Crippen LogP contribution in [-0.2, 0) is 6.42 Å². The Balaban J connectivity index is 2.24. The maximum absolute atomic E-state index is 6.13. The summed E-state index contributed by atoms with van der Waals surface area (Å²) in [5.41, 5.74) is 9.75. The Morgan fingerprint density at radius 2 is 1.80 bits per heavy atom. The molecule has 3 nitrogen and oxygen atoms in total. The van der Waals surface area contributed by atoms with Gasteiger partial charge in [-0.05, 0) is 59.9 Å². The standard InChI is InChI=1S/C16H22IN3/c1-10(2)9-13-5-7-14(8-6-13)12(4)20-16(18)15(17)11(3)19-20/h5-8,10,12H,9,18H2,1-4H3. The minimum Gasteiger partial charge on any atom is -0.383 e. The van der Waals surface area contributed by atoms with Gasteiger partial charge in [-0.1, -0.05) is 38.1 Å². The molecule has 1 atom stereocenters. The van der Waals surface area contributed by atoms with Gasteiger partial charge in [0.1, 0.15) is 5.82 Å². The van der Waals surface area contributed by atoms with E-state index < -0.39 is 0 Å². The summed E-state index contributed by atoms with van der Waals surface area (Å²) >= 11 is 2.25. The average molecular weight is 383 g/mol. The summed E-state index contributed by atoms with van der Waals surface area (Å²) in [5, 5.41) is 4.54. The molecule has 0 amide bonds. The Bertz CT molecular complexity index is 585. The summed E-state index contributed by atoms with van der Waals surface area (Å²) < 4.78 is 2.96. The molecule has 0 spiro atoms. The molecule has 1 heterocycles. The molecule has 108 valence electrons. The van der Waals surface area contributed by atoms with E-state index in [1.54, 1.807) is 0 Å².